The summed E-state index contributed by atoms with van der Waals surface area (Å²) in [5, 5.41) is 6.40. The normalized spacial score (nSPS) is 10.7. The molecule has 1 amide bonds. The molecule has 0 aliphatic heterocycles. The quantitative estimate of drug-likeness (QED) is 0.842. The van der Waals surface area contributed by atoms with Crippen LogP contribution in [0.2, 0.25) is 0 Å². The molecule has 0 unspecified atom stereocenters. The van der Waals surface area contributed by atoms with E-state index < -0.39 is 0 Å². The Morgan fingerprint density at radius 1 is 1.47 bits per heavy atom. The average molecular weight is 277 g/mol. The number of hydrogen-bond acceptors (Lipinski definition) is 3. The summed E-state index contributed by atoms with van der Waals surface area (Å²) >= 11 is 1.68. The second kappa shape index (κ2) is 6.02. The molecule has 0 aromatic carbocycles. The van der Waals surface area contributed by atoms with Gasteiger partial charge in [0.1, 0.15) is 0 Å². The van der Waals surface area contributed by atoms with Gasteiger partial charge in [0, 0.05) is 30.6 Å². The van der Waals surface area contributed by atoms with Crippen molar-refractivity contribution in [1.29, 1.82) is 0 Å². The minimum absolute atomic E-state index is 0.154. The summed E-state index contributed by atoms with van der Waals surface area (Å²) in [6.07, 6.45) is 0.490. The van der Waals surface area contributed by atoms with Gasteiger partial charge >= 0.3 is 0 Å². The molecule has 5 heteroatoms. The third-order valence-electron chi connectivity index (χ3n) is 3.04. The Morgan fingerprint density at radius 3 is 2.84 bits per heavy atom. The first-order valence-electron chi connectivity index (χ1n) is 6.33. The van der Waals surface area contributed by atoms with Gasteiger partial charge in [0.25, 0.3) is 0 Å². The maximum Gasteiger partial charge on any atom is 0.224 e. The van der Waals surface area contributed by atoms with E-state index in [1.54, 1.807) is 16.2 Å². The minimum Gasteiger partial charge on any atom is -0.341 e. The van der Waals surface area contributed by atoms with E-state index >= 15 is 0 Å². The molecule has 0 saturated heterocycles. The summed E-state index contributed by atoms with van der Waals surface area (Å²) in [6, 6.07) is 6.09. The summed E-state index contributed by atoms with van der Waals surface area (Å²) in [5.41, 5.74) is 2.10. The van der Waals surface area contributed by atoms with E-state index in [2.05, 4.69) is 11.2 Å². The van der Waals surface area contributed by atoms with E-state index in [1.165, 1.54) is 4.88 Å². The van der Waals surface area contributed by atoms with Crippen molar-refractivity contribution in [3.05, 3.63) is 39.8 Å². The van der Waals surface area contributed by atoms with Crippen LogP contribution in [-0.2, 0) is 17.9 Å². The summed E-state index contributed by atoms with van der Waals surface area (Å²) in [7, 11) is 1.85. The standard InChI is InChI=1S/C14H19N3OS/c1-11-9-12(2)17(15-11)7-6-14(18)16(3)10-13-5-4-8-19-13/h4-5,8-9H,6-7,10H2,1-3H3. The minimum atomic E-state index is 0.154. The van der Waals surface area contributed by atoms with Crippen LogP contribution in [-0.4, -0.2) is 27.6 Å². The smallest absolute Gasteiger partial charge is 0.224 e. The molecule has 0 aliphatic rings. The highest BCUT2D eigenvalue weighted by Crippen LogP contribution is 2.11. The number of thiophene rings is 1. The Kier molecular flexibility index (Phi) is 4.37. The number of amides is 1. The van der Waals surface area contributed by atoms with E-state index in [9.17, 15) is 4.79 Å². The third kappa shape index (κ3) is 3.67. The molecule has 102 valence electrons. The molecule has 0 fully saturated rings. The van der Waals surface area contributed by atoms with Crippen molar-refractivity contribution in [2.75, 3.05) is 7.05 Å². The molecule has 4 nitrogen and oxygen atoms in total. The van der Waals surface area contributed by atoms with Crippen molar-refractivity contribution in [1.82, 2.24) is 14.7 Å². The van der Waals surface area contributed by atoms with Crippen LogP contribution in [0.3, 0.4) is 0 Å². The number of carbonyl (C=O) groups is 1. The van der Waals surface area contributed by atoms with Crippen LogP contribution in [0.5, 0.6) is 0 Å². The summed E-state index contributed by atoms with van der Waals surface area (Å²) < 4.78 is 1.90. The van der Waals surface area contributed by atoms with Gasteiger partial charge in [-0.3, -0.25) is 9.48 Å². The predicted octanol–water partition coefficient (Wildman–Crippen LogP) is 2.61. The summed E-state index contributed by atoms with van der Waals surface area (Å²) in [5.74, 6) is 0.154. The van der Waals surface area contributed by atoms with Crippen molar-refractivity contribution >= 4 is 17.2 Å². The number of hydrogen-bond donors (Lipinski definition) is 0. The number of aryl methyl sites for hydroxylation is 3. The molecule has 0 spiro atoms. The maximum atomic E-state index is 12.1. The Hall–Kier alpha value is -1.62. The number of carbonyl (C=O) groups excluding carboxylic acids is 1. The fourth-order valence-electron chi connectivity index (χ4n) is 2.02. The van der Waals surface area contributed by atoms with Gasteiger partial charge in [0.05, 0.1) is 12.2 Å². The van der Waals surface area contributed by atoms with E-state index in [4.69, 9.17) is 0 Å². The first-order valence-corrected chi connectivity index (χ1v) is 7.21. The lowest BCUT2D eigenvalue weighted by Gasteiger charge is -2.16. The van der Waals surface area contributed by atoms with Crippen LogP contribution in [0, 0.1) is 13.8 Å². The molecule has 2 rings (SSSR count). The average Bonchev–Trinajstić information content (AvgIpc) is 2.96. The van der Waals surface area contributed by atoms with E-state index in [1.807, 2.05) is 43.1 Å². The lowest BCUT2D eigenvalue weighted by molar-refractivity contribution is -0.130. The Labute approximate surface area is 117 Å². The van der Waals surface area contributed by atoms with Crippen molar-refractivity contribution in [2.45, 2.75) is 33.4 Å². The monoisotopic (exact) mass is 277 g/mol. The van der Waals surface area contributed by atoms with Crippen molar-refractivity contribution < 1.29 is 4.79 Å². The van der Waals surface area contributed by atoms with Gasteiger partial charge in [-0.15, -0.1) is 11.3 Å². The second-order valence-electron chi connectivity index (χ2n) is 4.73. The first kappa shape index (κ1) is 13.8. The van der Waals surface area contributed by atoms with E-state index in [0.717, 1.165) is 11.4 Å². The zero-order valence-corrected chi connectivity index (χ0v) is 12.4. The van der Waals surface area contributed by atoms with Crippen LogP contribution in [0.4, 0.5) is 0 Å². The Bertz CT molecular complexity index is 545. The highest BCUT2D eigenvalue weighted by atomic mass is 32.1. The second-order valence-corrected chi connectivity index (χ2v) is 5.76. The van der Waals surface area contributed by atoms with Crippen LogP contribution < -0.4 is 0 Å². The van der Waals surface area contributed by atoms with Crippen LogP contribution in [0.15, 0.2) is 23.6 Å². The first-order chi connectivity index (χ1) is 9.06. The molecule has 0 atom stereocenters. The molecule has 0 radical (unpaired) electrons. The zero-order valence-electron chi connectivity index (χ0n) is 11.6. The number of nitrogens with zero attached hydrogens (tertiary/aromatic N) is 3. The number of rotatable bonds is 5. The fraction of sp³-hybridized carbons (Fsp3) is 0.429. The predicted molar refractivity (Wildman–Crippen MR) is 77.1 cm³/mol. The molecular formula is C14H19N3OS. The molecule has 2 aromatic rings. The van der Waals surface area contributed by atoms with Crippen LogP contribution in [0.1, 0.15) is 22.7 Å². The van der Waals surface area contributed by atoms with Gasteiger partial charge in [0.15, 0.2) is 0 Å². The Balaban J connectivity index is 1.85. The zero-order chi connectivity index (χ0) is 13.8. The van der Waals surface area contributed by atoms with Gasteiger partial charge in [-0.1, -0.05) is 6.07 Å². The highest BCUT2D eigenvalue weighted by molar-refractivity contribution is 7.09. The molecule has 2 heterocycles. The molecular weight excluding hydrogens is 258 g/mol. The summed E-state index contributed by atoms with van der Waals surface area (Å²) in [6.45, 7) is 5.31. The van der Waals surface area contributed by atoms with E-state index in [0.29, 0.717) is 19.5 Å². The van der Waals surface area contributed by atoms with Gasteiger partial charge < -0.3 is 4.90 Å². The number of aromatic nitrogens is 2. The Morgan fingerprint density at radius 2 is 2.26 bits per heavy atom. The molecule has 0 bridgehead atoms. The van der Waals surface area contributed by atoms with Gasteiger partial charge in [-0.05, 0) is 31.4 Å². The lowest BCUT2D eigenvalue weighted by atomic mass is 10.3. The molecule has 2 aromatic heterocycles. The molecule has 0 N–H and O–H groups in total. The SMILES string of the molecule is Cc1cc(C)n(CCC(=O)N(C)Cc2cccs2)n1. The molecule has 0 aliphatic carbocycles. The van der Waals surface area contributed by atoms with Gasteiger partial charge in [0.2, 0.25) is 5.91 Å². The van der Waals surface area contributed by atoms with Crippen LogP contribution in [0.25, 0.3) is 0 Å². The van der Waals surface area contributed by atoms with Crippen LogP contribution >= 0.6 is 11.3 Å². The lowest BCUT2D eigenvalue weighted by Crippen LogP contribution is -2.27. The summed E-state index contributed by atoms with van der Waals surface area (Å²) in [4.78, 5) is 15.0. The van der Waals surface area contributed by atoms with Gasteiger partial charge in [-0.2, -0.15) is 5.10 Å². The largest absolute Gasteiger partial charge is 0.341 e. The maximum absolute atomic E-state index is 12.1. The highest BCUT2D eigenvalue weighted by Gasteiger charge is 2.11. The van der Waals surface area contributed by atoms with E-state index in [-0.39, 0.29) is 5.91 Å². The van der Waals surface area contributed by atoms with Crippen molar-refractivity contribution in [3.63, 3.8) is 0 Å². The molecule has 19 heavy (non-hydrogen) atoms. The van der Waals surface area contributed by atoms with Gasteiger partial charge in [-0.25, -0.2) is 0 Å². The van der Waals surface area contributed by atoms with Crippen molar-refractivity contribution in [3.8, 4) is 0 Å². The molecule has 0 saturated carbocycles. The third-order valence-corrected chi connectivity index (χ3v) is 3.90. The fourth-order valence-corrected chi connectivity index (χ4v) is 2.78. The topological polar surface area (TPSA) is 38.1 Å². The van der Waals surface area contributed by atoms with Crippen molar-refractivity contribution in [2.24, 2.45) is 0 Å².